The van der Waals surface area contributed by atoms with Crippen molar-refractivity contribution in [2.75, 3.05) is 6.61 Å². The van der Waals surface area contributed by atoms with E-state index in [9.17, 15) is 4.79 Å². The van der Waals surface area contributed by atoms with Crippen LogP contribution in [0, 0.1) is 0 Å². The van der Waals surface area contributed by atoms with Crippen molar-refractivity contribution in [1.29, 1.82) is 0 Å². The molecular formula is C16H19NO2. The molecule has 0 aliphatic carbocycles. The number of rotatable bonds is 5. The molecule has 1 aromatic heterocycles. The topological polar surface area (TPSA) is 39.2 Å². The van der Waals surface area contributed by atoms with Crippen molar-refractivity contribution in [2.24, 2.45) is 0 Å². The monoisotopic (exact) mass is 257 g/mol. The van der Waals surface area contributed by atoms with Crippen molar-refractivity contribution in [3.63, 3.8) is 0 Å². The molecule has 2 rings (SSSR count). The molecule has 19 heavy (non-hydrogen) atoms. The molecule has 100 valence electrons. The predicted octanol–water partition coefficient (Wildman–Crippen LogP) is 3.62. The third kappa shape index (κ3) is 2.66. The number of ether oxygens (including phenoxy) is 1. The van der Waals surface area contributed by atoms with Gasteiger partial charge >= 0.3 is 0 Å². The largest absolute Gasteiger partial charge is 0.367 e. The first-order chi connectivity index (χ1) is 9.10. The van der Waals surface area contributed by atoms with Gasteiger partial charge in [0.25, 0.3) is 0 Å². The number of carbonyl (C=O) groups excluding carboxylic acids is 1. The van der Waals surface area contributed by atoms with Crippen LogP contribution < -0.4 is 0 Å². The number of aromatic nitrogens is 1. The van der Waals surface area contributed by atoms with E-state index in [1.165, 1.54) is 0 Å². The summed E-state index contributed by atoms with van der Waals surface area (Å²) >= 11 is 0. The fraction of sp³-hybridized carbons (Fsp3) is 0.375. The van der Waals surface area contributed by atoms with Crippen molar-refractivity contribution in [3.8, 4) is 0 Å². The van der Waals surface area contributed by atoms with Gasteiger partial charge in [-0.3, -0.25) is 9.78 Å². The molecule has 1 aromatic carbocycles. The lowest BCUT2D eigenvalue weighted by Crippen LogP contribution is -2.37. The van der Waals surface area contributed by atoms with Gasteiger partial charge in [0.2, 0.25) is 0 Å². The Balaban J connectivity index is 2.40. The number of ketones is 1. The van der Waals surface area contributed by atoms with Crippen LogP contribution in [0.4, 0.5) is 0 Å². The summed E-state index contributed by atoms with van der Waals surface area (Å²) in [6, 6.07) is 9.42. The molecule has 2 aromatic rings. The van der Waals surface area contributed by atoms with E-state index in [4.69, 9.17) is 4.74 Å². The molecule has 3 nitrogen and oxygen atoms in total. The lowest BCUT2D eigenvalue weighted by Gasteiger charge is -2.26. The zero-order valence-corrected chi connectivity index (χ0v) is 11.6. The summed E-state index contributed by atoms with van der Waals surface area (Å²) < 4.78 is 5.64. The summed E-state index contributed by atoms with van der Waals surface area (Å²) in [5.41, 5.74) is 0.830. The predicted molar refractivity (Wildman–Crippen MR) is 76.4 cm³/mol. The highest BCUT2D eigenvalue weighted by atomic mass is 16.5. The lowest BCUT2D eigenvalue weighted by molar-refractivity contribution is -0.0115. The molecular weight excluding hydrogens is 238 g/mol. The lowest BCUT2D eigenvalue weighted by atomic mass is 9.91. The molecule has 0 N–H and O–H groups in total. The van der Waals surface area contributed by atoms with E-state index in [2.05, 4.69) is 4.98 Å². The molecule has 1 unspecified atom stereocenters. The number of benzene rings is 1. The zero-order chi connectivity index (χ0) is 13.9. The minimum atomic E-state index is -0.745. The van der Waals surface area contributed by atoms with E-state index in [0.717, 1.165) is 10.9 Å². The van der Waals surface area contributed by atoms with Crippen LogP contribution in [0.5, 0.6) is 0 Å². The van der Waals surface area contributed by atoms with Crippen molar-refractivity contribution in [1.82, 2.24) is 4.98 Å². The molecule has 0 saturated carbocycles. The van der Waals surface area contributed by atoms with Crippen LogP contribution in [0.3, 0.4) is 0 Å². The first-order valence-corrected chi connectivity index (χ1v) is 6.64. The molecule has 0 fully saturated rings. The van der Waals surface area contributed by atoms with Crippen LogP contribution >= 0.6 is 0 Å². The SMILES string of the molecule is CCOC(C)(CC)C(=O)c1ccc2ncccc2c1. The average Bonchev–Trinajstić information content (AvgIpc) is 2.46. The number of nitrogens with zero attached hydrogens (tertiary/aromatic N) is 1. The van der Waals surface area contributed by atoms with E-state index in [-0.39, 0.29) is 5.78 Å². The van der Waals surface area contributed by atoms with Crippen LogP contribution in [0.25, 0.3) is 10.9 Å². The molecule has 0 aliphatic heterocycles. The molecule has 0 saturated heterocycles. The molecule has 1 heterocycles. The van der Waals surface area contributed by atoms with Crippen molar-refractivity contribution >= 4 is 16.7 Å². The van der Waals surface area contributed by atoms with Gasteiger partial charge in [-0.1, -0.05) is 13.0 Å². The summed E-state index contributed by atoms with van der Waals surface area (Å²) in [6.07, 6.45) is 2.41. The second-order valence-electron chi connectivity index (χ2n) is 4.76. The standard InChI is InChI=1S/C16H19NO2/c1-4-16(3,19-5-2)15(18)13-8-9-14-12(11-13)7-6-10-17-14/h6-11H,4-5H2,1-3H3. The van der Waals surface area contributed by atoms with Crippen LogP contribution in [-0.4, -0.2) is 23.0 Å². The Morgan fingerprint density at radius 1 is 1.32 bits per heavy atom. The maximum atomic E-state index is 12.6. The smallest absolute Gasteiger partial charge is 0.194 e. The molecule has 0 amide bonds. The van der Waals surface area contributed by atoms with E-state index in [1.807, 2.05) is 51.1 Å². The normalized spacial score (nSPS) is 14.3. The van der Waals surface area contributed by atoms with Gasteiger partial charge in [-0.25, -0.2) is 0 Å². The number of pyridine rings is 1. The Labute approximate surface area is 113 Å². The average molecular weight is 257 g/mol. The fourth-order valence-corrected chi connectivity index (χ4v) is 2.17. The van der Waals surface area contributed by atoms with Crippen molar-refractivity contribution in [3.05, 3.63) is 42.1 Å². The Morgan fingerprint density at radius 3 is 2.79 bits per heavy atom. The number of Topliss-reactive ketones (excluding diaryl/α,β-unsaturated/α-hetero) is 1. The minimum Gasteiger partial charge on any atom is -0.367 e. The first-order valence-electron chi connectivity index (χ1n) is 6.64. The Morgan fingerprint density at radius 2 is 2.11 bits per heavy atom. The second-order valence-corrected chi connectivity index (χ2v) is 4.76. The number of hydrogen-bond donors (Lipinski definition) is 0. The van der Waals surface area contributed by atoms with E-state index in [0.29, 0.717) is 18.6 Å². The minimum absolute atomic E-state index is 0.0302. The van der Waals surface area contributed by atoms with Crippen LogP contribution in [0.1, 0.15) is 37.6 Å². The summed E-state index contributed by atoms with van der Waals surface area (Å²) in [5, 5.41) is 0.975. The molecule has 0 radical (unpaired) electrons. The van der Waals surface area contributed by atoms with Crippen LogP contribution in [0.2, 0.25) is 0 Å². The first kappa shape index (κ1) is 13.7. The Bertz CT molecular complexity index is 594. The van der Waals surface area contributed by atoms with Gasteiger partial charge < -0.3 is 4.74 Å². The Hall–Kier alpha value is -1.74. The van der Waals surface area contributed by atoms with Gasteiger partial charge in [-0.05, 0) is 44.5 Å². The number of fused-ring (bicyclic) bond motifs is 1. The van der Waals surface area contributed by atoms with Crippen LogP contribution in [-0.2, 0) is 4.74 Å². The summed E-state index contributed by atoms with van der Waals surface area (Å²) in [7, 11) is 0. The summed E-state index contributed by atoms with van der Waals surface area (Å²) in [6.45, 7) is 6.26. The van der Waals surface area contributed by atoms with E-state index < -0.39 is 5.60 Å². The van der Waals surface area contributed by atoms with Gasteiger partial charge in [-0.15, -0.1) is 0 Å². The highest BCUT2D eigenvalue weighted by Crippen LogP contribution is 2.23. The van der Waals surface area contributed by atoms with Crippen molar-refractivity contribution in [2.45, 2.75) is 32.8 Å². The quantitative estimate of drug-likeness (QED) is 0.768. The third-order valence-electron chi connectivity index (χ3n) is 3.48. The Kier molecular flexibility index (Phi) is 3.96. The van der Waals surface area contributed by atoms with E-state index >= 15 is 0 Å². The second kappa shape index (κ2) is 5.49. The van der Waals surface area contributed by atoms with Gasteiger partial charge in [-0.2, -0.15) is 0 Å². The molecule has 0 spiro atoms. The maximum absolute atomic E-state index is 12.6. The highest BCUT2D eigenvalue weighted by molar-refractivity contribution is 6.04. The summed E-state index contributed by atoms with van der Waals surface area (Å²) in [5.74, 6) is 0.0302. The molecule has 1 atom stereocenters. The van der Waals surface area contributed by atoms with Gasteiger partial charge in [0.1, 0.15) is 5.60 Å². The third-order valence-corrected chi connectivity index (χ3v) is 3.48. The van der Waals surface area contributed by atoms with Crippen LogP contribution in [0.15, 0.2) is 36.5 Å². The van der Waals surface area contributed by atoms with Crippen molar-refractivity contribution < 1.29 is 9.53 Å². The van der Waals surface area contributed by atoms with E-state index in [1.54, 1.807) is 6.20 Å². The molecule has 0 aliphatic rings. The number of carbonyl (C=O) groups is 1. The highest BCUT2D eigenvalue weighted by Gasteiger charge is 2.32. The zero-order valence-electron chi connectivity index (χ0n) is 11.6. The molecule has 3 heteroatoms. The van der Waals surface area contributed by atoms with Gasteiger partial charge in [0, 0.05) is 23.8 Å². The maximum Gasteiger partial charge on any atom is 0.194 e. The summed E-state index contributed by atoms with van der Waals surface area (Å²) in [4.78, 5) is 16.8. The van der Waals surface area contributed by atoms with Gasteiger partial charge in [0.15, 0.2) is 5.78 Å². The van der Waals surface area contributed by atoms with Gasteiger partial charge in [0.05, 0.1) is 5.52 Å². The number of hydrogen-bond acceptors (Lipinski definition) is 3. The molecule has 0 bridgehead atoms. The fourth-order valence-electron chi connectivity index (χ4n) is 2.17.